The van der Waals surface area contributed by atoms with Crippen LogP contribution in [0.1, 0.15) is 18.5 Å². The molecule has 2 rings (SSSR count). The molecule has 12 heavy (non-hydrogen) atoms. The molecule has 1 atom stereocenters. The first-order valence-corrected chi connectivity index (χ1v) is 4.30. The summed E-state index contributed by atoms with van der Waals surface area (Å²) in [7, 11) is 0. The molecule has 1 aromatic rings. The summed E-state index contributed by atoms with van der Waals surface area (Å²) in [5.41, 5.74) is 1.00. The Hall–Kier alpha value is -1.02. The number of rotatable bonds is 2. The molecule has 0 amide bonds. The lowest BCUT2D eigenvalue weighted by Crippen LogP contribution is -2.25. The molecular weight excluding hydrogens is 150 g/mol. The number of hydrogen-bond donors (Lipinski definition) is 2. The normalized spacial score (nSPS) is 28.1. The molecule has 1 aliphatic carbocycles. The SMILES string of the molecule is OCC1(c2ccc[nH]2)C=CCC1. The van der Waals surface area contributed by atoms with Crippen LogP contribution in [-0.2, 0) is 5.41 Å². The Morgan fingerprint density at radius 2 is 2.50 bits per heavy atom. The number of allylic oxidation sites excluding steroid dienone is 1. The van der Waals surface area contributed by atoms with Gasteiger partial charge in [0.05, 0.1) is 12.0 Å². The van der Waals surface area contributed by atoms with Crippen LogP contribution in [0.25, 0.3) is 0 Å². The zero-order valence-electron chi connectivity index (χ0n) is 6.96. The molecule has 0 spiro atoms. The highest BCUT2D eigenvalue weighted by atomic mass is 16.3. The van der Waals surface area contributed by atoms with E-state index in [0.29, 0.717) is 0 Å². The summed E-state index contributed by atoms with van der Waals surface area (Å²) in [6, 6.07) is 4.00. The third-order valence-corrected chi connectivity index (χ3v) is 2.61. The molecule has 0 aromatic carbocycles. The highest BCUT2D eigenvalue weighted by Crippen LogP contribution is 2.34. The topological polar surface area (TPSA) is 36.0 Å². The van der Waals surface area contributed by atoms with Crippen LogP contribution >= 0.6 is 0 Å². The van der Waals surface area contributed by atoms with Crippen molar-refractivity contribution in [1.82, 2.24) is 4.98 Å². The minimum atomic E-state index is -0.122. The van der Waals surface area contributed by atoms with Crippen molar-refractivity contribution in [3.8, 4) is 0 Å². The van der Waals surface area contributed by atoms with Gasteiger partial charge in [0.15, 0.2) is 0 Å². The molecule has 0 fully saturated rings. The molecule has 64 valence electrons. The van der Waals surface area contributed by atoms with Gasteiger partial charge in [-0.3, -0.25) is 0 Å². The smallest absolute Gasteiger partial charge is 0.0577 e. The summed E-state index contributed by atoms with van der Waals surface area (Å²) in [6.07, 6.45) is 8.23. The Morgan fingerprint density at radius 3 is 3.00 bits per heavy atom. The van der Waals surface area contributed by atoms with Gasteiger partial charge in [0, 0.05) is 11.9 Å². The van der Waals surface area contributed by atoms with Gasteiger partial charge in [0.25, 0.3) is 0 Å². The summed E-state index contributed by atoms with van der Waals surface area (Å²) in [5, 5.41) is 9.32. The first-order chi connectivity index (χ1) is 5.87. The van der Waals surface area contributed by atoms with Gasteiger partial charge in [-0.1, -0.05) is 12.2 Å². The molecule has 2 nitrogen and oxygen atoms in total. The van der Waals surface area contributed by atoms with Gasteiger partial charge in [-0.25, -0.2) is 0 Å². The zero-order chi connectivity index (χ0) is 8.44. The van der Waals surface area contributed by atoms with Crippen molar-refractivity contribution in [2.45, 2.75) is 18.3 Å². The third-order valence-electron chi connectivity index (χ3n) is 2.61. The Kier molecular flexibility index (Phi) is 1.77. The van der Waals surface area contributed by atoms with E-state index in [9.17, 15) is 5.11 Å². The van der Waals surface area contributed by atoms with Crippen LogP contribution in [0.3, 0.4) is 0 Å². The predicted octanol–water partition coefficient (Wildman–Crippen LogP) is 1.59. The van der Waals surface area contributed by atoms with Gasteiger partial charge in [-0.05, 0) is 25.0 Å². The molecule has 1 aliphatic rings. The molecule has 0 saturated heterocycles. The maximum atomic E-state index is 9.32. The van der Waals surface area contributed by atoms with Crippen LogP contribution in [0.15, 0.2) is 30.5 Å². The van der Waals surface area contributed by atoms with E-state index in [-0.39, 0.29) is 12.0 Å². The van der Waals surface area contributed by atoms with Gasteiger partial charge in [-0.15, -0.1) is 0 Å². The second-order valence-electron chi connectivity index (χ2n) is 3.34. The van der Waals surface area contributed by atoms with E-state index in [1.54, 1.807) is 0 Å². The molecule has 2 heteroatoms. The van der Waals surface area contributed by atoms with E-state index < -0.39 is 0 Å². The van der Waals surface area contributed by atoms with Gasteiger partial charge in [0.1, 0.15) is 0 Å². The predicted molar refractivity (Wildman–Crippen MR) is 47.9 cm³/mol. The molecule has 1 unspecified atom stereocenters. The lowest BCUT2D eigenvalue weighted by atomic mass is 9.85. The summed E-state index contributed by atoms with van der Waals surface area (Å²) < 4.78 is 0. The van der Waals surface area contributed by atoms with E-state index in [1.165, 1.54) is 0 Å². The number of aliphatic hydroxyl groups is 1. The first kappa shape index (κ1) is 7.62. The Balaban J connectivity index is 2.35. The maximum absolute atomic E-state index is 9.32. The number of aromatic nitrogens is 1. The van der Waals surface area contributed by atoms with Crippen molar-refractivity contribution in [1.29, 1.82) is 0 Å². The van der Waals surface area contributed by atoms with E-state index in [2.05, 4.69) is 17.1 Å². The molecule has 2 N–H and O–H groups in total. The maximum Gasteiger partial charge on any atom is 0.0577 e. The summed E-state index contributed by atoms with van der Waals surface area (Å²) >= 11 is 0. The minimum absolute atomic E-state index is 0.122. The van der Waals surface area contributed by atoms with Crippen molar-refractivity contribution in [3.63, 3.8) is 0 Å². The second kappa shape index (κ2) is 2.79. The van der Waals surface area contributed by atoms with Crippen molar-refractivity contribution in [3.05, 3.63) is 36.2 Å². The second-order valence-corrected chi connectivity index (χ2v) is 3.34. The molecule has 0 aliphatic heterocycles. The number of aliphatic hydroxyl groups excluding tert-OH is 1. The fourth-order valence-electron chi connectivity index (χ4n) is 1.81. The summed E-state index contributed by atoms with van der Waals surface area (Å²) in [6.45, 7) is 0.198. The standard InChI is InChI=1S/C10H13NO/c12-8-10(5-1-2-6-10)9-4-3-7-11-9/h1,3-5,7,11-12H,2,6,8H2. The van der Waals surface area contributed by atoms with Crippen molar-refractivity contribution < 1.29 is 5.11 Å². The number of hydrogen-bond acceptors (Lipinski definition) is 1. The van der Waals surface area contributed by atoms with Crippen LogP contribution in [-0.4, -0.2) is 16.7 Å². The average molecular weight is 163 g/mol. The largest absolute Gasteiger partial charge is 0.395 e. The Bertz CT molecular complexity index is 276. The minimum Gasteiger partial charge on any atom is -0.395 e. The van der Waals surface area contributed by atoms with Crippen LogP contribution in [0, 0.1) is 0 Å². The van der Waals surface area contributed by atoms with Crippen LogP contribution < -0.4 is 0 Å². The van der Waals surface area contributed by atoms with E-state index in [4.69, 9.17) is 0 Å². The van der Waals surface area contributed by atoms with Crippen LogP contribution in [0.2, 0.25) is 0 Å². The van der Waals surface area contributed by atoms with Crippen molar-refractivity contribution in [2.75, 3.05) is 6.61 Å². The average Bonchev–Trinajstić information content (AvgIpc) is 2.76. The number of aromatic amines is 1. The van der Waals surface area contributed by atoms with Crippen molar-refractivity contribution >= 4 is 0 Å². The highest BCUT2D eigenvalue weighted by molar-refractivity contribution is 5.28. The fourth-order valence-corrected chi connectivity index (χ4v) is 1.81. The first-order valence-electron chi connectivity index (χ1n) is 4.30. The van der Waals surface area contributed by atoms with Gasteiger partial charge in [0.2, 0.25) is 0 Å². The summed E-state index contributed by atoms with van der Waals surface area (Å²) in [4.78, 5) is 3.16. The van der Waals surface area contributed by atoms with E-state index in [1.807, 2.05) is 18.3 Å². The van der Waals surface area contributed by atoms with Crippen LogP contribution in [0.5, 0.6) is 0 Å². The quantitative estimate of drug-likeness (QED) is 0.638. The summed E-state index contributed by atoms with van der Waals surface area (Å²) in [5.74, 6) is 0. The lowest BCUT2D eigenvalue weighted by Gasteiger charge is -2.23. The van der Waals surface area contributed by atoms with Crippen LogP contribution in [0.4, 0.5) is 0 Å². The van der Waals surface area contributed by atoms with E-state index >= 15 is 0 Å². The molecule has 1 heterocycles. The van der Waals surface area contributed by atoms with Gasteiger partial charge >= 0.3 is 0 Å². The van der Waals surface area contributed by atoms with Gasteiger partial charge in [-0.2, -0.15) is 0 Å². The number of nitrogens with one attached hydrogen (secondary N) is 1. The third kappa shape index (κ3) is 0.994. The fraction of sp³-hybridized carbons (Fsp3) is 0.400. The number of H-pyrrole nitrogens is 1. The monoisotopic (exact) mass is 163 g/mol. The van der Waals surface area contributed by atoms with Gasteiger partial charge < -0.3 is 10.1 Å². The molecular formula is C10H13NO. The Labute approximate surface area is 71.9 Å². The molecule has 0 saturated carbocycles. The molecule has 0 bridgehead atoms. The van der Waals surface area contributed by atoms with Crippen molar-refractivity contribution in [2.24, 2.45) is 0 Å². The zero-order valence-corrected chi connectivity index (χ0v) is 6.96. The lowest BCUT2D eigenvalue weighted by molar-refractivity contribution is 0.220. The molecule has 1 aromatic heterocycles. The van der Waals surface area contributed by atoms with E-state index in [0.717, 1.165) is 18.5 Å². The Morgan fingerprint density at radius 1 is 1.58 bits per heavy atom. The highest BCUT2D eigenvalue weighted by Gasteiger charge is 2.31. The molecule has 0 radical (unpaired) electrons.